The van der Waals surface area contributed by atoms with Crippen LogP contribution in [0.25, 0.3) is 0 Å². The number of rotatable bonds is 3. The first-order valence-corrected chi connectivity index (χ1v) is 5.95. The van der Waals surface area contributed by atoms with Crippen LogP contribution in [0.15, 0.2) is 28.9 Å². The molecule has 9 heteroatoms. The Bertz CT molecular complexity index is 656. The van der Waals surface area contributed by atoms with E-state index in [-0.39, 0.29) is 15.6 Å². The third-order valence-electron chi connectivity index (χ3n) is 2.02. The van der Waals surface area contributed by atoms with Gasteiger partial charge in [0.05, 0.1) is 9.40 Å². The molecule has 19 heavy (non-hydrogen) atoms. The molecule has 6 nitrogen and oxygen atoms in total. The normalized spacial score (nSPS) is 10.3. The average molecular weight is 349 g/mol. The summed E-state index contributed by atoms with van der Waals surface area (Å²) in [6, 6.07) is 3.37. The van der Waals surface area contributed by atoms with Crippen LogP contribution in [0.4, 0.5) is 10.1 Å². The largest absolute Gasteiger partial charge is 0.427 e. The Balaban J connectivity index is 2.49. The fourth-order valence-electron chi connectivity index (χ4n) is 1.24. The quantitative estimate of drug-likeness (QED) is 0.480. The molecule has 1 aromatic heterocycles. The third kappa shape index (κ3) is 2.96. The molecule has 0 N–H and O–H groups in total. The van der Waals surface area contributed by atoms with Crippen molar-refractivity contribution in [2.75, 3.05) is 0 Å². The lowest BCUT2D eigenvalue weighted by Crippen LogP contribution is -1.98. The van der Waals surface area contributed by atoms with Crippen LogP contribution in [0.1, 0.15) is 0 Å². The minimum absolute atomic E-state index is 0.117. The summed E-state index contributed by atoms with van der Waals surface area (Å²) in [7, 11) is 0. The zero-order valence-corrected chi connectivity index (χ0v) is 11.4. The number of nitrogens with zero attached hydrogens (tertiary/aromatic N) is 3. The molecule has 0 bridgehead atoms. The van der Waals surface area contributed by atoms with E-state index in [2.05, 4.69) is 25.9 Å². The van der Waals surface area contributed by atoms with Crippen molar-refractivity contribution in [3.8, 4) is 11.6 Å². The van der Waals surface area contributed by atoms with Gasteiger partial charge in [0, 0.05) is 12.3 Å². The van der Waals surface area contributed by atoms with E-state index in [1.165, 1.54) is 12.3 Å². The van der Waals surface area contributed by atoms with E-state index in [0.717, 1.165) is 12.1 Å². The molecular formula is C10H4BrClFN3O3. The smallest absolute Gasteiger partial charge is 0.314 e. The number of halogens is 3. The minimum Gasteiger partial charge on any atom is -0.427 e. The zero-order chi connectivity index (χ0) is 14.0. The topological polar surface area (TPSA) is 78.2 Å². The molecule has 0 aliphatic carbocycles. The maximum absolute atomic E-state index is 13.6. The third-order valence-corrected chi connectivity index (χ3v) is 2.75. The van der Waals surface area contributed by atoms with Gasteiger partial charge in [-0.3, -0.25) is 10.1 Å². The number of nitro benzene ring substituents is 1. The van der Waals surface area contributed by atoms with E-state index in [1.807, 2.05) is 0 Å². The zero-order valence-electron chi connectivity index (χ0n) is 9.01. The molecule has 0 saturated carbocycles. The Morgan fingerprint density at radius 2 is 2.21 bits per heavy atom. The highest BCUT2D eigenvalue weighted by atomic mass is 79.9. The second-order valence-electron chi connectivity index (χ2n) is 3.24. The summed E-state index contributed by atoms with van der Waals surface area (Å²) in [5.41, 5.74) is -0.512. The fourth-order valence-corrected chi connectivity index (χ4v) is 1.64. The molecule has 0 aliphatic rings. The summed E-state index contributed by atoms with van der Waals surface area (Å²) >= 11 is 8.65. The van der Waals surface area contributed by atoms with Crippen LogP contribution in [0.5, 0.6) is 11.6 Å². The highest BCUT2D eigenvalue weighted by Crippen LogP contribution is 2.35. The average Bonchev–Trinajstić information content (AvgIpc) is 2.35. The monoisotopic (exact) mass is 347 g/mol. The van der Waals surface area contributed by atoms with E-state index in [9.17, 15) is 14.5 Å². The number of aromatic nitrogens is 2. The second-order valence-corrected chi connectivity index (χ2v) is 4.43. The summed E-state index contributed by atoms with van der Waals surface area (Å²) in [5.74, 6) is -1.54. The van der Waals surface area contributed by atoms with Crippen molar-refractivity contribution in [3.05, 3.63) is 50.1 Å². The molecule has 0 amide bonds. The van der Waals surface area contributed by atoms with Gasteiger partial charge in [-0.1, -0.05) is 6.07 Å². The molecule has 0 saturated heterocycles. The van der Waals surface area contributed by atoms with Crippen molar-refractivity contribution in [2.24, 2.45) is 0 Å². The maximum Gasteiger partial charge on any atom is 0.314 e. The molecule has 0 aliphatic heterocycles. The van der Waals surface area contributed by atoms with Gasteiger partial charge >= 0.3 is 5.69 Å². The van der Waals surface area contributed by atoms with Crippen molar-refractivity contribution < 1.29 is 14.1 Å². The first-order chi connectivity index (χ1) is 8.99. The van der Waals surface area contributed by atoms with Crippen molar-refractivity contribution >= 4 is 33.2 Å². The molecule has 2 aromatic rings. The van der Waals surface area contributed by atoms with Gasteiger partial charge < -0.3 is 4.74 Å². The minimum atomic E-state index is -0.879. The first-order valence-electron chi connectivity index (χ1n) is 4.78. The Morgan fingerprint density at radius 3 is 2.89 bits per heavy atom. The van der Waals surface area contributed by atoms with Gasteiger partial charge in [-0.15, -0.1) is 0 Å². The Morgan fingerprint density at radius 1 is 1.47 bits per heavy atom. The van der Waals surface area contributed by atoms with Gasteiger partial charge in [0.25, 0.3) is 0 Å². The van der Waals surface area contributed by atoms with Gasteiger partial charge in [-0.05, 0) is 33.6 Å². The van der Waals surface area contributed by atoms with E-state index in [0.29, 0.717) is 0 Å². The van der Waals surface area contributed by atoms with Gasteiger partial charge in [0.15, 0.2) is 5.82 Å². The van der Waals surface area contributed by atoms with Crippen LogP contribution in [-0.4, -0.2) is 14.9 Å². The lowest BCUT2D eigenvalue weighted by atomic mass is 10.3. The predicted molar refractivity (Wildman–Crippen MR) is 67.9 cm³/mol. The van der Waals surface area contributed by atoms with Crippen molar-refractivity contribution in [1.29, 1.82) is 0 Å². The highest BCUT2D eigenvalue weighted by Gasteiger charge is 2.21. The lowest BCUT2D eigenvalue weighted by molar-refractivity contribution is -0.385. The molecule has 1 heterocycles. The Kier molecular flexibility index (Phi) is 3.91. The van der Waals surface area contributed by atoms with Gasteiger partial charge in [-0.25, -0.2) is 9.37 Å². The van der Waals surface area contributed by atoms with Crippen LogP contribution < -0.4 is 4.74 Å². The van der Waals surface area contributed by atoms with E-state index >= 15 is 0 Å². The SMILES string of the molecule is O=[N+]([O-])c1cccc(F)c1Oc1nc(Cl)ncc1Br. The van der Waals surface area contributed by atoms with Gasteiger partial charge in [0.2, 0.25) is 16.9 Å². The summed E-state index contributed by atoms with van der Waals surface area (Å²) in [6.45, 7) is 0. The summed E-state index contributed by atoms with van der Waals surface area (Å²) in [5, 5.41) is 10.7. The number of hydrogen-bond donors (Lipinski definition) is 0. The Hall–Kier alpha value is -1.80. The van der Waals surface area contributed by atoms with Gasteiger partial charge in [0.1, 0.15) is 0 Å². The van der Waals surface area contributed by atoms with E-state index in [4.69, 9.17) is 16.3 Å². The summed E-state index contributed by atoms with van der Waals surface area (Å²) < 4.78 is 19.0. The number of nitro groups is 1. The molecule has 98 valence electrons. The molecule has 0 spiro atoms. The molecule has 0 atom stereocenters. The van der Waals surface area contributed by atoms with E-state index in [1.54, 1.807) is 0 Å². The summed E-state index contributed by atoms with van der Waals surface area (Å²) in [6.07, 6.45) is 1.29. The molecule has 0 unspecified atom stereocenters. The van der Waals surface area contributed by atoms with Crippen LogP contribution in [0.2, 0.25) is 5.28 Å². The molecule has 0 fully saturated rings. The number of para-hydroxylation sites is 1. The van der Waals surface area contributed by atoms with Crippen LogP contribution >= 0.6 is 27.5 Å². The fraction of sp³-hybridized carbons (Fsp3) is 0. The standard InChI is InChI=1S/C10H4BrClFN3O3/c11-5-4-14-10(12)15-9(5)19-8-6(13)2-1-3-7(8)16(17)18/h1-4H. The van der Waals surface area contributed by atoms with Crippen LogP contribution in [-0.2, 0) is 0 Å². The first kappa shape index (κ1) is 13.6. The van der Waals surface area contributed by atoms with Crippen LogP contribution in [0, 0.1) is 15.9 Å². The number of ether oxygens (including phenoxy) is 1. The maximum atomic E-state index is 13.6. The number of benzene rings is 1. The summed E-state index contributed by atoms with van der Waals surface area (Å²) in [4.78, 5) is 17.4. The Labute approximate surface area is 119 Å². The van der Waals surface area contributed by atoms with Crippen LogP contribution in [0.3, 0.4) is 0 Å². The molecule has 0 radical (unpaired) electrons. The number of hydrogen-bond acceptors (Lipinski definition) is 5. The lowest BCUT2D eigenvalue weighted by Gasteiger charge is -2.07. The predicted octanol–water partition coefficient (Wildman–Crippen LogP) is 3.73. The molecular weight excluding hydrogens is 344 g/mol. The van der Waals surface area contributed by atoms with Crippen molar-refractivity contribution in [2.45, 2.75) is 0 Å². The molecule has 1 aromatic carbocycles. The second kappa shape index (κ2) is 5.45. The molecule has 2 rings (SSSR count). The van der Waals surface area contributed by atoms with Crippen molar-refractivity contribution in [1.82, 2.24) is 9.97 Å². The highest BCUT2D eigenvalue weighted by molar-refractivity contribution is 9.10. The van der Waals surface area contributed by atoms with Crippen molar-refractivity contribution in [3.63, 3.8) is 0 Å². The van der Waals surface area contributed by atoms with E-state index < -0.39 is 22.2 Å². The van der Waals surface area contributed by atoms with Gasteiger partial charge in [-0.2, -0.15) is 4.98 Å².